The van der Waals surface area contributed by atoms with Gasteiger partial charge >= 0.3 is 1.43 Å². The Hall–Kier alpha value is -1.58. The fourth-order valence-electron chi connectivity index (χ4n) is 0. The van der Waals surface area contributed by atoms with E-state index < -0.39 is 11.8 Å². The summed E-state index contributed by atoms with van der Waals surface area (Å²) in [6, 6.07) is 0. The molecule has 0 atom stereocenters. The van der Waals surface area contributed by atoms with Gasteiger partial charge in [0, 0.05) is 0 Å². The highest BCUT2D eigenvalue weighted by molar-refractivity contribution is 5.85. The molecule has 0 saturated heterocycles. The van der Waals surface area contributed by atoms with Crippen LogP contribution < -0.4 is 11.5 Å². The maximum absolute atomic E-state index is 9.47. The van der Waals surface area contributed by atoms with Crippen LogP contribution in [0.3, 0.4) is 0 Å². The number of amides is 2. The van der Waals surface area contributed by atoms with Crippen molar-refractivity contribution in [3.8, 4) is 0 Å². The number of nitrogens with two attached hydrogens (primary N) is 2. The first-order chi connectivity index (χ1) is 4.54. The van der Waals surface area contributed by atoms with Crippen molar-refractivity contribution in [2.24, 2.45) is 11.5 Å². The summed E-state index contributed by atoms with van der Waals surface area (Å²) in [6.07, 6.45) is 2.11. The lowest BCUT2D eigenvalue weighted by atomic mass is 10.6. The normalized spacial score (nSPS) is 6.40. The number of primary amides is 2. The summed E-state index contributed by atoms with van der Waals surface area (Å²) in [5, 5.41) is 0. The number of hydrogen-bond donors (Lipinski definition) is 2. The Morgan fingerprint density at radius 3 is 1.20 bits per heavy atom. The zero-order valence-electron chi connectivity index (χ0n) is 6.54. The molecule has 0 saturated carbocycles. The van der Waals surface area contributed by atoms with E-state index >= 15 is 0 Å². The monoisotopic (exact) mass is 143 g/mol. The third-order valence-corrected chi connectivity index (χ3v) is 0.402. The van der Waals surface area contributed by atoms with Crippen molar-refractivity contribution < 1.29 is 11.0 Å². The molecule has 0 spiro atoms. The van der Waals surface area contributed by atoms with Crippen molar-refractivity contribution in [1.82, 2.24) is 0 Å². The minimum absolute atomic E-state index is 0. The number of rotatable bonds is 2. The molecule has 0 aliphatic heterocycles. The average Bonchev–Trinajstić information content (AvgIpc) is 1.89. The van der Waals surface area contributed by atoms with Gasteiger partial charge in [0.1, 0.15) is 0 Å². The lowest BCUT2D eigenvalue weighted by Gasteiger charge is -1.65. The molecule has 10 heavy (non-hydrogen) atoms. The second-order valence-electron chi connectivity index (χ2n) is 1.21. The van der Waals surface area contributed by atoms with Crippen molar-refractivity contribution in [1.29, 1.82) is 0 Å². The third-order valence-electron chi connectivity index (χ3n) is 0.402. The van der Waals surface area contributed by atoms with E-state index in [9.17, 15) is 9.59 Å². The summed E-state index contributed by atoms with van der Waals surface area (Å²) in [7, 11) is 0. The van der Waals surface area contributed by atoms with Crippen molar-refractivity contribution in [3.63, 3.8) is 0 Å². The lowest BCUT2D eigenvalue weighted by molar-refractivity contribution is -0.114. The molecule has 0 unspecified atom stereocenters. The molecule has 56 valence electrons. The predicted octanol–water partition coefficient (Wildman–Crippen LogP) is -0.572. The van der Waals surface area contributed by atoms with Crippen LogP contribution in [-0.2, 0) is 9.59 Å². The third kappa shape index (κ3) is 32.2. The maximum Gasteiger partial charge on any atom is 1.00 e. The fourth-order valence-corrected chi connectivity index (χ4v) is 0. The second-order valence-corrected chi connectivity index (χ2v) is 1.21. The number of carbonyl (C=O) groups excluding carboxylic acids is 2. The molecule has 0 aromatic rings. The van der Waals surface area contributed by atoms with Gasteiger partial charge in [0.05, 0.1) is 0 Å². The topological polar surface area (TPSA) is 86.2 Å². The molecule has 4 N–H and O–H groups in total. The molecule has 0 aliphatic carbocycles. The summed E-state index contributed by atoms with van der Waals surface area (Å²) in [5.41, 5.74) is 9.07. The highest BCUT2D eigenvalue weighted by Gasteiger charge is 1.69. The first kappa shape index (κ1) is 11.2. The summed E-state index contributed by atoms with van der Waals surface area (Å²) < 4.78 is 0. The second kappa shape index (κ2) is 7.42. The van der Waals surface area contributed by atoms with Crippen LogP contribution >= 0.6 is 0 Å². The summed E-state index contributed by atoms with van der Waals surface area (Å²) >= 11 is 0. The molecular weight excluding hydrogens is 132 g/mol. The van der Waals surface area contributed by atoms with Gasteiger partial charge in [-0.1, -0.05) is 13.2 Å². The molecule has 0 rings (SSSR count). The molecule has 2 amide bonds. The van der Waals surface area contributed by atoms with E-state index in [1.165, 1.54) is 0 Å². The largest absolute Gasteiger partial charge is 1.00 e. The Balaban J connectivity index is -0.000000107. The molecule has 0 bridgehead atoms. The summed E-state index contributed by atoms with van der Waals surface area (Å²) in [6.45, 7) is 6.17. The fraction of sp³-hybridized carbons (Fsp3) is 0. The van der Waals surface area contributed by atoms with E-state index in [4.69, 9.17) is 0 Å². The zero-order chi connectivity index (χ0) is 8.57. The summed E-state index contributed by atoms with van der Waals surface area (Å²) in [4.78, 5) is 18.9. The van der Waals surface area contributed by atoms with Gasteiger partial charge in [0.15, 0.2) is 0 Å². The molecule has 0 radical (unpaired) electrons. The lowest BCUT2D eigenvalue weighted by Crippen LogP contribution is -2.04. The summed E-state index contributed by atoms with van der Waals surface area (Å²) in [5.74, 6) is -0.963. The van der Waals surface area contributed by atoms with E-state index in [2.05, 4.69) is 24.6 Å². The van der Waals surface area contributed by atoms with Crippen LogP contribution in [0.15, 0.2) is 25.3 Å². The molecular formula is C6H11N2O2+. The smallest absolute Gasteiger partial charge is 0.366 e. The zero-order valence-corrected chi connectivity index (χ0v) is 5.54. The maximum atomic E-state index is 9.47. The Morgan fingerprint density at radius 1 is 1.10 bits per heavy atom. The highest BCUT2D eigenvalue weighted by Crippen LogP contribution is 1.49. The Bertz CT molecular complexity index is 139. The first-order valence-corrected chi connectivity index (χ1v) is 2.38. The van der Waals surface area contributed by atoms with E-state index in [1.807, 2.05) is 0 Å². The van der Waals surface area contributed by atoms with Crippen LogP contribution in [0.2, 0.25) is 0 Å². The quantitative estimate of drug-likeness (QED) is 0.507. The molecule has 0 aliphatic rings. The van der Waals surface area contributed by atoms with Gasteiger partial charge in [-0.2, -0.15) is 0 Å². The van der Waals surface area contributed by atoms with Crippen LogP contribution in [0.4, 0.5) is 0 Å². The van der Waals surface area contributed by atoms with Crippen molar-refractivity contribution in [3.05, 3.63) is 25.3 Å². The molecule has 0 aromatic heterocycles. The molecule has 0 heterocycles. The molecule has 4 heteroatoms. The number of hydrogen-bond acceptors (Lipinski definition) is 2. The van der Waals surface area contributed by atoms with Crippen molar-refractivity contribution in [2.75, 3.05) is 0 Å². The van der Waals surface area contributed by atoms with Gasteiger partial charge in [0.2, 0.25) is 11.8 Å². The van der Waals surface area contributed by atoms with Gasteiger partial charge in [-0.25, -0.2) is 0 Å². The van der Waals surface area contributed by atoms with Crippen LogP contribution in [0.25, 0.3) is 0 Å². The first-order valence-electron chi connectivity index (χ1n) is 2.38. The SMILES string of the molecule is C=CC(N)=O.C=CC(N)=O.[H+]. The Morgan fingerprint density at radius 2 is 1.20 bits per heavy atom. The van der Waals surface area contributed by atoms with Crippen molar-refractivity contribution >= 4 is 11.8 Å². The average molecular weight is 143 g/mol. The van der Waals surface area contributed by atoms with E-state index in [0.29, 0.717) is 0 Å². The minimum Gasteiger partial charge on any atom is -0.366 e. The van der Waals surface area contributed by atoms with Crippen LogP contribution in [0.1, 0.15) is 1.43 Å². The minimum atomic E-state index is -0.481. The molecule has 4 nitrogen and oxygen atoms in total. The Kier molecular flexibility index (Phi) is 8.35. The van der Waals surface area contributed by atoms with Crippen molar-refractivity contribution in [2.45, 2.75) is 0 Å². The van der Waals surface area contributed by atoms with Gasteiger partial charge in [0.25, 0.3) is 0 Å². The predicted molar refractivity (Wildman–Crippen MR) is 39.9 cm³/mol. The number of carbonyl (C=O) groups is 2. The van der Waals surface area contributed by atoms with Crippen LogP contribution in [-0.4, -0.2) is 11.8 Å². The van der Waals surface area contributed by atoms with E-state index in [-0.39, 0.29) is 1.43 Å². The molecule has 0 fully saturated rings. The van der Waals surface area contributed by atoms with Crippen LogP contribution in [0, 0.1) is 0 Å². The highest BCUT2D eigenvalue weighted by atomic mass is 16.1. The van der Waals surface area contributed by atoms with Gasteiger partial charge < -0.3 is 11.5 Å². The Labute approximate surface area is 60.7 Å². The standard InChI is InChI=1S/2C3H5NO/c2*1-2-3(4)5/h2*2H,1H2,(H2,4,5)/p+1. The van der Waals surface area contributed by atoms with E-state index in [1.54, 1.807) is 0 Å². The van der Waals surface area contributed by atoms with Gasteiger partial charge in [-0.15, -0.1) is 0 Å². The molecule has 0 aromatic carbocycles. The van der Waals surface area contributed by atoms with Gasteiger partial charge in [-0.05, 0) is 12.2 Å². The van der Waals surface area contributed by atoms with Crippen LogP contribution in [0.5, 0.6) is 0 Å². The van der Waals surface area contributed by atoms with E-state index in [0.717, 1.165) is 12.2 Å². The van der Waals surface area contributed by atoms with Gasteiger partial charge in [-0.3, -0.25) is 9.59 Å².